The minimum absolute atomic E-state index is 0.588. The first-order chi connectivity index (χ1) is 10.8. The molecule has 1 aromatic carbocycles. The molecule has 1 heterocycles. The van der Waals surface area contributed by atoms with Gasteiger partial charge >= 0.3 is 0 Å². The largest absolute Gasteiger partial charge is 0.496 e. The molecular weight excluding hydrogens is 274 g/mol. The second-order valence-corrected chi connectivity index (χ2v) is 5.66. The van der Waals surface area contributed by atoms with Crippen LogP contribution >= 0.6 is 0 Å². The third-order valence-corrected chi connectivity index (χ3v) is 3.93. The summed E-state index contributed by atoms with van der Waals surface area (Å²) in [4.78, 5) is 13.0. The van der Waals surface area contributed by atoms with Crippen molar-refractivity contribution in [3.8, 4) is 5.75 Å². The first-order valence-corrected chi connectivity index (χ1v) is 8.14. The number of ether oxygens (including phenoxy) is 1. The molecule has 2 aliphatic rings. The van der Waals surface area contributed by atoms with E-state index in [9.17, 15) is 4.79 Å². The van der Waals surface area contributed by atoms with E-state index in [1.165, 1.54) is 51.7 Å². The Balaban J connectivity index is 0.000000198. The van der Waals surface area contributed by atoms with Gasteiger partial charge in [0.1, 0.15) is 5.75 Å². The summed E-state index contributed by atoms with van der Waals surface area (Å²) in [5, 5.41) is 0. The molecule has 0 atom stereocenters. The van der Waals surface area contributed by atoms with Gasteiger partial charge in [0.25, 0.3) is 0 Å². The van der Waals surface area contributed by atoms with E-state index in [1.54, 1.807) is 25.3 Å². The van der Waals surface area contributed by atoms with Crippen molar-refractivity contribution < 1.29 is 9.53 Å². The number of carbonyl (C=O) groups is 1. The quantitative estimate of drug-likeness (QED) is 0.617. The van der Waals surface area contributed by atoms with Crippen molar-refractivity contribution in [3.63, 3.8) is 0 Å². The molecule has 1 aliphatic heterocycles. The second kappa shape index (κ2) is 11.0. The fourth-order valence-corrected chi connectivity index (χ4v) is 2.57. The fraction of sp³-hybridized carbons (Fsp3) is 0.526. The molecule has 0 N–H and O–H groups in total. The fourth-order valence-electron chi connectivity index (χ4n) is 2.57. The molecule has 0 spiro atoms. The number of hydrogen-bond acceptors (Lipinski definition) is 3. The van der Waals surface area contributed by atoms with E-state index in [4.69, 9.17) is 4.74 Å². The third kappa shape index (κ3) is 6.90. The van der Waals surface area contributed by atoms with Crippen LogP contribution in [0, 0.1) is 5.92 Å². The van der Waals surface area contributed by atoms with E-state index in [-0.39, 0.29) is 0 Å². The Morgan fingerprint density at radius 1 is 1.18 bits per heavy atom. The molecule has 0 bridgehead atoms. The number of rotatable bonds is 4. The maximum atomic E-state index is 10.3. The van der Waals surface area contributed by atoms with Crippen LogP contribution in [-0.2, 0) is 0 Å². The smallest absolute Gasteiger partial charge is 0.153 e. The molecule has 22 heavy (non-hydrogen) atoms. The maximum absolute atomic E-state index is 10.3. The topological polar surface area (TPSA) is 29.5 Å². The Morgan fingerprint density at radius 2 is 1.82 bits per heavy atom. The number of carbonyl (C=O) groups excluding carboxylic acids is 1. The van der Waals surface area contributed by atoms with Crippen LogP contribution in [0.4, 0.5) is 0 Å². The van der Waals surface area contributed by atoms with Gasteiger partial charge in [-0.15, -0.1) is 13.2 Å². The van der Waals surface area contributed by atoms with Crippen molar-refractivity contribution in [2.45, 2.75) is 32.1 Å². The Morgan fingerprint density at radius 3 is 2.32 bits per heavy atom. The summed E-state index contributed by atoms with van der Waals surface area (Å²) in [5.41, 5.74) is 0.588. The Bertz CT molecular complexity index is 423. The highest BCUT2D eigenvalue weighted by Crippen LogP contribution is 2.30. The lowest BCUT2D eigenvalue weighted by Gasteiger charge is -2.26. The SMILES string of the molecule is C1CCN(CC2CC2)CC1.C=C.COc1ccccc1C=O. The Kier molecular flexibility index (Phi) is 9.24. The van der Waals surface area contributed by atoms with E-state index in [0.29, 0.717) is 11.3 Å². The van der Waals surface area contributed by atoms with Gasteiger partial charge in [0.05, 0.1) is 12.7 Å². The average Bonchev–Trinajstić information content (AvgIpc) is 3.42. The van der Waals surface area contributed by atoms with E-state index < -0.39 is 0 Å². The van der Waals surface area contributed by atoms with Crippen LogP contribution in [0.5, 0.6) is 5.75 Å². The van der Waals surface area contributed by atoms with Crippen LogP contribution in [0.25, 0.3) is 0 Å². The molecule has 3 rings (SSSR count). The van der Waals surface area contributed by atoms with Gasteiger partial charge in [-0.25, -0.2) is 0 Å². The summed E-state index contributed by atoms with van der Waals surface area (Å²) < 4.78 is 4.90. The molecule has 1 saturated heterocycles. The van der Waals surface area contributed by atoms with E-state index in [1.807, 2.05) is 6.07 Å². The number of hydrogen-bond donors (Lipinski definition) is 0. The normalized spacial score (nSPS) is 17.3. The second-order valence-electron chi connectivity index (χ2n) is 5.66. The van der Waals surface area contributed by atoms with Crippen molar-refractivity contribution >= 4 is 6.29 Å². The summed E-state index contributed by atoms with van der Waals surface area (Å²) in [7, 11) is 1.54. The van der Waals surface area contributed by atoms with E-state index in [0.717, 1.165) is 12.2 Å². The van der Waals surface area contributed by atoms with Gasteiger partial charge in [0.2, 0.25) is 0 Å². The van der Waals surface area contributed by atoms with Gasteiger partial charge in [-0.3, -0.25) is 4.79 Å². The zero-order valence-corrected chi connectivity index (χ0v) is 13.8. The molecule has 122 valence electrons. The molecule has 0 unspecified atom stereocenters. The lowest BCUT2D eigenvalue weighted by molar-refractivity contribution is 0.112. The number of nitrogens with zero attached hydrogens (tertiary/aromatic N) is 1. The van der Waals surface area contributed by atoms with Crippen molar-refractivity contribution in [1.29, 1.82) is 0 Å². The highest BCUT2D eigenvalue weighted by Gasteiger charge is 2.24. The standard InChI is InChI=1S/C9H17N.C8H8O2.C2H4/c1-2-6-10(7-3-1)8-9-4-5-9;1-10-8-5-3-2-4-7(8)6-9;1-2/h9H,1-8H2;2-6H,1H3;1-2H2. The molecule has 0 radical (unpaired) electrons. The van der Waals surface area contributed by atoms with Crippen molar-refractivity contribution in [1.82, 2.24) is 4.90 Å². The van der Waals surface area contributed by atoms with Crippen LogP contribution in [0.15, 0.2) is 37.4 Å². The summed E-state index contributed by atoms with van der Waals surface area (Å²) in [5.74, 6) is 1.72. The number of benzene rings is 1. The van der Waals surface area contributed by atoms with Gasteiger partial charge in [-0.05, 0) is 56.8 Å². The van der Waals surface area contributed by atoms with Crippen LogP contribution in [0.1, 0.15) is 42.5 Å². The van der Waals surface area contributed by atoms with Crippen LogP contribution < -0.4 is 4.74 Å². The number of para-hydroxylation sites is 1. The first-order valence-electron chi connectivity index (χ1n) is 8.14. The Hall–Kier alpha value is -1.61. The van der Waals surface area contributed by atoms with E-state index in [2.05, 4.69) is 18.1 Å². The molecule has 0 amide bonds. The molecule has 1 aliphatic carbocycles. The molecular formula is C19H29NO2. The van der Waals surface area contributed by atoms with Crippen LogP contribution in [-0.4, -0.2) is 37.9 Å². The summed E-state index contributed by atoms with van der Waals surface area (Å²) in [6.07, 6.45) is 8.17. The van der Waals surface area contributed by atoms with Gasteiger partial charge in [0, 0.05) is 6.54 Å². The maximum Gasteiger partial charge on any atom is 0.153 e. The highest BCUT2D eigenvalue weighted by molar-refractivity contribution is 5.79. The minimum Gasteiger partial charge on any atom is -0.496 e. The number of aldehydes is 1. The molecule has 0 aromatic heterocycles. The molecule has 3 nitrogen and oxygen atoms in total. The lowest BCUT2D eigenvalue weighted by atomic mass is 10.1. The number of likely N-dealkylation sites (tertiary alicyclic amines) is 1. The van der Waals surface area contributed by atoms with Gasteiger partial charge in [-0.1, -0.05) is 18.6 Å². The van der Waals surface area contributed by atoms with Gasteiger partial charge in [0.15, 0.2) is 6.29 Å². The summed E-state index contributed by atoms with van der Waals surface area (Å²) >= 11 is 0. The molecule has 1 saturated carbocycles. The third-order valence-electron chi connectivity index (χ3n) is 3.93. The first kappa shape index (κ1) is 18.4. The van der Waals surface area contributed by atoms with Crippen molar-refractivity contribution in [2.24, 2.45) is 5.92 Å². The van der Waals surface area contributed by atoms with Crippen molar-refractivity contribution in [3.05, 3.63) is 43.0 Å². The average molecular weight is 303 g/mol. The number of methoxy groups -OCH3 is 1. The zero-order chi connectivity index (χ0) is 16.2. The minimum atomic E-state index is 0.588. The predicted molar refractivity (Wildman–Crippen MR) is 92.7 cm³/mol. The van der Waals surface area contributed by atoms with Crippen molar-refractivity contribution in [2.75, 3.05) is 26.7 Å². The highest BCUT2D eigenvalue weighted by atomic mass is 16.5. The van der Waals surface area contributed by atoms with Gasteiger partial charge < -0.3 is 9.64 Å². The predicted octanol–water partition coefficient (Wildman–Crippen LogP) is 4.19. The summed E-state index contributed by atoms with van der Waals surface area (Å²) in [6.45, 7) is 10.2. The number of piperidine rings is 1. The summed E-state index contributed by atoms with van der Waals surface area (Å²) in [6, 6.07) is 7.09. The zero-order valence-electron chi connectivity index (χ0n) is 13.8. The lowest BCUT2D eigenvalue weighted by Crippen LogP contribution is -2.31. The van der Waals surface area contributed by atoms with Gasteiger partial charge in [-0.2, -0.15) is 0 Å². The molecule has 1 aromatic rings. The monoisotopic (exact) mass is 303 g/mol. The van der Waals surface area contributed by atoms with Crippen LogP contribution in [0.2, 0.25) is 0 Å². The molecule has 3 heteroatoms. The Labute approximate surface area is 135 Å². The van der Waals surface area contributed by atoms with E-state index >= 15 is 0 Å². The van der Waals surface area contributed by atoms with Crippen LogP contribution in [0.3, 0.4) is 0 Å². The molecule has 2 fully saturated rings.